The third kappa shape index (κ3) is 4.81. The third-order valence-corrected chi connectivity index (χ3v) is 3.87. The van der Waals surface area contributed by atoms with Crippen LogP contribution in [0.25, 0.3) is 0 Å². The van der Waals surface area contributed by atoms with Crippen molar-refractivity contribution in [2.45, 2.75) is 26.3 Å². The quantitative estimate of drug-likeness (QED) is 0.784. The summed E-state index contributed by atoms with van der Waals surface area (Å²) >= 11 is 0. The SMILES string of the molecule is CCCCN(C)C(=O)c1cncc(N(C)Cc2ccccc2)c1. The monoisotopic (exact) mass is 311 g/mol. The molecule has 2 rings (SSSR count). The van der Waals surface area contributed by atoms with Crippen molar-refractivity contribution in [3.8, 4) is 0 Å². The number of pyridine rings is 1. The summed E-state index contributed by atoms with van der Waals surface area (Å²) in [6, 6.07) is 12.2. The highest BCUT2D eigenvalue weighted by atomic mass is 16.2. The molecule has 0 unspecified atom stereocenters. The molecule has 2 aromatic rings. The van der Waals surface area contributed by atoms with Crippen LogP contribution in [0.15, 0.2) is 48.8 Å². The number of carbonyl (C=O) groups is 1. The van der Waals surface area contributed by atoms with Gasteiger partial charge in [-0.25, -0.2) is 0 Å². The number of nitrogens with zero attached hydrogens (tertiary/aromatic N) is 3. The van der Waals surface area contributed by atoms with E-state index in [1.54, 1.807) is 17.3 Å². The van der Waals surface area contributed by atoms with Crippen molar-refractivity contribution >= 4 is 11.6 Å². The van der Waals surface area contributed by atoms with Crippen LogP contribution in [0.3, 0.4) is 0 Å². The van der Waals surface area contributed by atoms with Crippen molar-refractivity contribution in [1.29, 1.82) is 0 Å². The van der Waals surface area contributed by atoms with E-state index in [1.807, 2.05) is 38.4 Å². The van der Waals surface area contributed by atoms with Crippen molar-refractivity contribution in [2.24, 2.45) is 0 Å². The van der Waals surface area contributed by atoms with Crippen molar-refractivity contribution < 1.29 is 4.79 Å². The van der Waals surface area contributed by atoms with Gasteiger partial charge in [0.25, 0.3) is 5.91 Å². The zero-order valence-corrected chi connectivity index (χ0v) is 14.2. The van der Waals surface area contributed by atoms with Crippen LogP contribution in [0.5, 0.6) is 0 Å². The Bertz CT molecular complexity index is 628. The molecule has 0 aliphatic rings. The molecule has 1 aromatic carbocycles. The average Bonchev–Trinajstić information content (AvgIpc) is 2.60. The van der Waals surface area contributed by atoms with Crippen LogP contribution in [0, 0.1) is 0 Å². The predicted molar refractivity (Wildman–Crippen MR) is 94.7 cm³/mol. The van der Waals surface area contributed by atoms with E-state index in [0.29, 0.717) is 5.56 Å². The van der Waals surface area contributed by atoms with Crippen LogP contribution in [0.2, 0.25) is 0 Å². The maximum Gasteiger partial charge on any atom is 0.255 e. The third-order valence-electron chi connectivity index (χ3n) is 3.87. The minimum absolute atomic E-state index is 0.0286. The molecular formula is C19H25N3O. The van der Waals surface area contributed by atoms with Crippen LogP contribution in [0.1, 0.15) is 35.7 Å². The Labute approximate surface area is 138 Å². The number of hydrogen-bond donors (Lipinski definition) is 0. The molecule has 0 aliphatic carbocycles. The van der Waals surface area contributed by atoms with E-state index in [9.17, 15) is 4.79 Å². The van der Waals surface area contributed by atoms with Crippen molar-refractivity contribution in [1.82, 2.24) is 9.88 Å². The lowest BCUT2D eigenvalue weighted by molar-refractivity contribution is 0.0793. The Morgan fingerprint density at radius 1 is 1.13 bits per heavy atom. The predicted octanol–water partition coefficient (Wildman–Crippen LogP) is 3.59. The van der Waals surface area contributed by atoms with Gasteiger partial charge < -0.3 is 9.80 Å². The van der Waals surface area contributed by atoms with Crippen LogP contribution >= 0.6 is 0 Å². The van der Waals surface area contributed by atoms with Crippen LogP contribution in [-0.4, -0.2) is 36.4 Å². The summed E-state index contributed by atoms with van der Waals surface area (Å²) in [4.78, 5) is 20.6. The van der Waals surface area contributed by atoms with E-state index in [2.05, 4.69) is 28.9 Å². The Morgan fingerprint density at radius 3 is 2.57 bits per heavy atom. The fourth-order valence-electron chi connectivity index (χ4n) is 2.42. The second-order valence-electron chi connectivity index (χ2n) is 5.85. The minimum Gasteiger partial charge on any atom is -0.369 e. The largest absolute Gasteiger partial charge is 0.369 e. The Hall–Kier alpha value is -2.36. The van der Waals surface area contributed by atoms with Crippen LogP contribution in [-0.2, 0) is 6.54 Å². The standard InChI is InChI=1S/C19H25N3O/c1-4-5-11-21(2)19(23)17-12-18(14-20-13-17)22(3)15-16-9-7-6-8-10-16/h6-10,12-14H,4-5,11,15H2,1-3H3. The van der Waals surface area contributed by atoms with Gasteiger partial charge in [-0.3, -0.25) is 9.78 Å². The normalized spacial score (nSPS) is 10.4. The van der Waals surface area contributed by atoms with E-state index in [1.165, 1.54) is 5.56 Å². The summed E-state index contributed by atoms with van der Waals surface area (Å²) in [6.45, 7) is 3.68. The first-order chi connectivity index (χ1) is 11.1. The summed E-state index contributed by atoms with van der Waals surface area (Å²) < 4.78 is 0. The summed E-state index contributed by atoms with van der Waals surface area (Å²) in [5.74, 6) is 0.0286. The van der Waals surface area contributed by atoms with Crippen molar-refractivity contribution in [3.63, 3.8) is 0 Å². The molecule has 0 aliphatic heterocycles. The van der Waals surface area contributed by atoms with Gasteiger partial charge in [0.1, 0.15) is 0 Å². The highest BCUT2D eigenvalue weighted by molar-refractivity contribution is 5.94. The first-order valence-electron chi connectivity index (χ1n) is 8.07. The Kier molecular flexibility index (Phi) is 6.15. The second kappa shape index (κ2) is 8.32. The molecule has 1 aromatic heterocycles. The summed E-state index contributed by atoms with van der Waals surface area (Å²) in [5.41, 5.74) is 2.82. The van der Waals surface area contributed by atoms with E-state index in [4.69, 9.17) is 0 Å². The molecule has 0 bridgehead atoms. The number of anilines is 1. The van der Waals surface area contributed by atoms with E-state index in [-0.39, 0.29) is 5.91 Å². The number of amides is 1. The molecular weight excluding hydrogens is 286 g/mol. The lowest BCUT2D eigenvalue weighted by atomic mass is 10.2. The lowest BCUT2D eigenvalue weighted by Gasteiger charge is -2.21. The molecule has 0 atom stereocenters. The summed E-state index contributed by atoms with van der Waals surface area (Å²) in [6.07, 6.45) is 5.54. The maximum absolute atomic E-state index is 12.5. The Morgan fingerprint density at radius 2 is 1.87 bits per heavy atom. The van der Waals surface area contributed by atoms with Gasteiger partial charge in [-0.2, -0.15) is 0 Å². The molecule has 0 radical (unpaired) electrons. The van der Waals surface area contributed by atoms with Crippen molar-refractivity contribution in [3.05, 3.63) is 59.9 Å². The van der Waals surface area contributed by atoms with Gasteiger partial charge >= 0.3 is 0 Å². The molecule has 1 amide bonds. The molecule has 0 N–H and O–H groups in total. The van der Waals surface area contributed by atoms with Crippen molar-refractivity contribution in [2.75, 3.05) is 25.5 Å². The lowest BCUT2D eigenvalue weighted by Crippen LogP contribution is -2.28. The molecule has 4 heteroatoms. The molecule has 0 saturated carbocycles. The van der Waals surface area contributed by atoms with Crippen LogP contribution in [0.4, 0.5) is 5.69 Å². The Balaban J connectivity index is 2.08. The van der Waals surface area contributed by atoms with Gasteiger partial charge in [-0.1, -0.05) is 43.7 Å². The maximum atomic E-state index is 12.5. The minimum atomic E-state index is 0.0286. The molecule has 4 nitrogen and oxygen atoms in total. The number of unbranched alkanes of at least 4 members (excludes halogenated alkanes) is 1. The number of aromatic nitrogens is 1. The van der Waals surface area contributed by atoms with Gasteiger partial charge in [0, 0.05) is 33.4 Å². The molecule has 0 saturated heterocycles. The first kappa shape index (κ1) is 17.0. The van der Waals surface area contributed by atoms with Gasteiger partial charge in [0.2, 0.25) is 0 Å². The second-order valence-corrected chi connectivity index (χ2v) is 5.85. The highest BCUT2D eigenvalue weighted by Crippen LogP contribution is 2.17. The molecule has 122 valence electrons. The zero-order chi connectivity index (χ0) is 16.7. The fraction of sp³-hybridized carbons (Fsp3) is 0.368. The number of carbonyl (C=O) groups excluding carboxylic acids is 1. The molecule has 23 heavy (non-hydrogen) atoms. The van der Waals surface area contributed by atoms with Gasteiger partial charge in [0.05, 0.1) is 17.4 Å². The highest BCUT2D eigenvalue weighted by Gasteiger charge is 2.13. The van der Waals surface area contributed by atoms with E-state index >= 15 is 0 Å². The number of rotatable bonds is 7. The zero-order valence-electron chi connectivity index (χ0n) is 14.2. The molecule has 0 fully saturated rings. The summed E-state index contributed by atoms with van der Waals surface area (Å²) in [7, 11) is 3.86. The number of hydrogen-bond acceptors (Lipinski definition) is 3. The molecule has 0 spiro atoms. The van der Waals surface area contributed by atoms with Gasteiger partial charge in [-0.05, 0) is 18.1 Å². The average molecular weight is 311 g/mol. The first-order valence-corrected chi connectivity index (χ1v) is 8.07. The number of benzene rings is 1. The smallest absolute Gasteiger partial charge is 0.255 e. The fourth-order valence-corrected chi connectivity index (χ4v) is 2.42. The topological polar surface area (TPSA) is 36.4 Å². The van der Waals surface area contributed by atoms with Crippen LogP contribution < -0.4 is 4.90 Å². The van der Waals surface area contributed by atoms with E-state index < -0.39 is 0 Å². The molecule has 1 heterocycles. The van der Waals surface area contributed by atoms with E-state index in [0.717, 1.165) is 31.6 Å². The van der Waals surface area contributed by atoms with Gasteiger partial charge in [0.15, 0.2) is 0 Å². The summed E-state index contributed by atoms with van der Waals surface area (Å²) in [5, 5.41) is 0. The van der Waals surface area contributed by atoms with Gasteiger partial charge in [-0.15, -0.1) is 0 Å².